The molecule has 2 atom stereocenters. The zero-order valence-corrected chi connectivity index (χ0v) is 10.6. The van der Waals surface area contributed by atoms with Crippen molar-refractivity contribution in [2.45, 2.75) is 33.1 Å². The summed E-state index contributed by atoms with van der Waals surface area (Å²) in [5, 5.41) is 14.7. The molecule has 0 bridgehead atoms. The van der Waals surface area contributed by atoms with Gasteiger partial charge in [-0.1, -0.05) is 6.92 Å². The molecule has 0 aromatic carbocycles. The standard InChI is InChI=1S/C12H22N2O3/c1-9(3-4-10(15)16)7-14-11(17)12(2)5-6-13-8-12/h9,13H,3-8H2,1-2H3,(H,14,17)(H,15,16). The van der Waals surface area contributed by atoms with Crippen LogP contribution in [0.15, 0.2) is 0 Å². The molecule has 1 fully saturated rings. The highest BCUT2D eigenvalue weighted by molar-refractivity contribution is 5.82. The van der Waals surface area contributed by atoms with E-state index in [1.807, 2.05) is 13.8 Å². The molecule has 17 heavy (non-hydrogen) atoms. The number of carbonyl (C=O) groups is 2. The van der Waals surface area contributed by atoms with E-state index >= 15 is 0 Å². The molecular formula is C12H22N2O3. The van der Waals surface area contributed by atoms with E-state index in [1.165, 1.54) is 0 Å². The van der Waals surface area contributed by atoms with Crippen LogP contribution in [0.3, 0.4) is 0 Å². The van der Waals surface area contributed by atoms with Crippen LogP contribution in [0.1, 0.15) is 33.1 Å². The van der Waals surface area contributed by atoms with E-state index in [0.717, 1.165) is 19.5 Å². The van der Waals surface area contributed by atoms with Gasteiger partial charge in [-0.05, 0) is 32.2 Å². The molecule has 1 saturated heterocycles. The molecule has 0 aromatic heterocycles. The Kier molecular flexibility index (Phi) is 4.93. The van der Waals surface area contributed by atoms with E-state index in [4.69, 9.17) is 5.11 Å². The van der Waals surface area contributed by atoms with E-state index in [9.17, 15) is 9.59 Å². The first-order valence-corrected chi connectivity index (χ1v) is 6.15. The number of hydrogen-bond acceptors (Lipinski definition) is 3. The molecule has 1 amide bonds. The van der Waals surface area contributed by atoms with Crippen molar-refractivity contribution in [1.29, 1.82) is 0 Å². The molecule has 98 valence electrons. The molecule has 1 rings (SSSR count). The third-order valence-electron chi connectivity index (χ3n) is 3.38. The summed E-state index contributed by atoms with van der Waals surface area (Å²) in [6, 6.07) is 0. The van der Waals surface area contributed by atoms with Crippen molar-refractivity contribution in [1.82, 2.24) is 10.6 Å². The predicted octanol–water partition coefficient (Wildman–Crippen LogP) is 0.603. The van der Waals surface area contributed by atoms with Gasteiger partial charge in [0.2, 0.25) is 5.91 Å². The summed E-state index contributed by atoms with van der Waals surface area (Å²) < 4.78 is 0. The number of aliphatic carboxylic acids is 1. The average molecular weight is 242 g/mol. The van der Waals surface area contributed by atoms with E-state index in [0.29, 0.717) is 13.0 Å². The third kappa shape index (κ3) is 4.34. The predicted molar refractivity (Wildman–Crippen MR) is 64.6 cm³/mol. The highest BCUT2D eigenvalue weighted by atomic mass is 16.4. The lowest BCUT2D eigenvalue weighted by atomic mass is 9.88. The lowest BCUT2D eigenvalue weighted by Gasteiger charge is -2.22. The van der Waals surface area contributed by atoms with Gasteiger partial charge in [0.15, 0.2) is 0 Å². The molecule has 0 radical (unpaired) electrons. The van der Waals surface area contributed by atoms with Gasteiger partial charge in [0.25, 0.3) is 0 Å². The Balaban J connectivity index is 2.25. The molecule has 1 aliphatic heterocycles. The minimum Gasteiger partial charge on any atom is -0.481 e. The first kappa shape index (κ1) is 14.0. The fraction of sp³-hybridized carbons (Fsp3) is 0.833. The van der Waals surface area contributed by atoms with Gasteiger partial charge in [-0.25, -0.2) is 0 Å². The quantitative estimate of drug-likeness (QED) is 0.637. The summed E-state index contributed by atoms with van der Waals surface area (Å²) in [5.41, 5.74) is -0.299. The number of nitrogens with one attached hydrogen (secondary N) is 2. The van der Waals surface area contributed by atoms with Gasteiger partial charge in [0, 0.05) is 19.5 Å². The fourth-order valence-electron chi connectivity index (χ4n) is 1.96. The van der Waals surface area contributed by atoms with E-state index in [2.05, 4.69) is 10.6 Å². The van der Waals surface area contributed by atoms with Crippen LogP contribution < -0.4 is 10.6 Å². The maximum absolute atomic E-state index is 11.9. The molecule has 1 aliphatic rings. The lowest BCUT2D eigenvalue weighted by molar-refractivity contribution is -0.137. The maximum atomic E-state index is 11.9. The van der Waals surface area contributed by atoms with Crippen LogP contribution in [0.2, 0.25) is 0 Å². The Hall–Kier alpha value is -1.10. The molecule has 5 nitrogen and oxygen atoms in total. The van der Waals surface area contributed by atoms with Crippen LogP contribution in [-0.4, -0.2) is 36.6 Å². The van der Waals surface area contributed by atoms with Crippen LogP contribution >= 0.6 is 0 Å². The van der Waals surface area contributed by atoms with Crippen molar-refractivity contribution in [3.05, 3.63) is 0 Å². The minimum absolute atomic E-state index is 0.0738. The summed E-state index contributed by atoms with van der Waals surface area (Å²) >= 11 is 0. The molecular weight excluding hydrogens is 220 g/mol. The van der Waals surface area contributed by atoms with Crippen LogP contribution in [-0.2, 0) is 9.59 Å². The molecule has 3 N–H and O–H groups in total. The van der Waals surface area contributed by atoms with Crippen molar-refractivity contribution >= 4 is 11.9 Å². The van der Waals surface area contributed by atoms with Crippen LogP contribution in [0.4, 0.5) is 0 Å². The monoisotopic (exact) mass is 242 g/mol. The van der Waals surface area contributed by atoms with Gasteiger partial charge >= 0.3 is 5.97 Å². The normalized spacial score (nSPS) is 25.5. The summed E-state index contributed by atoms with van der Waals surface area (Å²) in [5.74, 6) is -0.507. The minimum atomic E-state index is -0.782. The smallest absolute Gasteiger partial charge is 0.303 e. The van der Waals surface area contributed by atoms with Gasteiger partial charge in [-0.2, -0.15) is 0 Å². The average Bonchev–Trinajstić information content (AvgIpc) is 2.71. The molecule has 0 saturated carbocycles. The topological polar surface area (TPSA) is 78.4 Å². The van der Waals surface area contributed by atoms with Gasteiger partial charge < -0.3 is 15.7 Å². The molecule has 5 heteroatoms. The van der Waals surface area contributed by atoms with Gasteiger partial charge in [0.1, 0.15) is 0 Å². The van der Waals surface area contributed by atoms with Crippen LogP contribution in [0, 0.1) is 11.3 Å². The molecule has 2 unspecified atom stereocenters. The zero-order chi connectivity index (χ0) is 12.9. The number of carbonyl (C=O) groups excluding carboxylic acids is 1. The molecule has 1 heterocycles. The fourth-order valence-corrected chi connectivity index (χ4v) is 1.96. The summed E-state index contributed by atoms with van der Waals surface area (Å²) in [6.45, 7) is 6.09. The first-order chi connectivity index (χ1) is 7.94. The largest absolute Gasteiger partial charge is 0.481 e. The van der Waals surface area contributed by atoms with Gasteiger partial charge in [-0.15, -0.1) is 0 Å². The third-order valence-corrected chi connectivity index (χ3v) is 3.38. The zero-order valence-electron chi connectivity index (χ0n) is 10.6. The van der Waals surface area contributed by atoms with Crippen molar-refractivity contribution in [3.63, 3.8) is 0 Å². The second kappa shape index (κ2) is 6.00. The van der Waals surface area contributed by atoms with Gasteiger partial charge in [0.05, 0.1) is 5.41 Å². The Morgan fingerprint density at radius 3 is 2.76 bits per heavy atom. The summed E-state index contributed by atoms with van der Waals surface area (Å²) in [7, 11) is 0. The molecule has 0 aliphatic carbocycles. The van der Waals surface area contributed by atoms with Crippen molar-refractivity contribution < 1.29 is 14.7 Å². The Bertz CT molecular complexity index is 285. The number of hydrogen-bond donors (Lipinski definition) is 3. The van der Waals surface area contributed by atoms with Crippen LogP contribution in [0.5, 0.6) is 0 Å². The van der Waals surface area contributed by atoms with Crippen LogP contribution in [0.25, 0.3) is 0 Å². The Morgan fingerprint density at radius 1 is 1.53 bits per heavy atom. The van der Waals surface area contributed by atoms with E-state index in [1.54, 1.807) is 0 Å². The highest BCUT2D eigenvalue weighted by Crippen LogP contribution is 2.24. The van der Waals surface area contributed by atoms with Crippen molar-refractivity contribution in [2.75, 3.05) is 19.6 Å². The Labute approximate surface area is 102 Å². The second-order valence-electron chi connectivity index (χ2n) is 5.24. The molecule has 0 aromatic rings. The van der Waals surface area contributed by atoms with Gasteiger partial charge in [-0.3, -0.25) is 9.59 Å². The molecule has 0 spiro atoms. The number of carboxylic acid groups (broad SMARTS) is 1. The second-order valence-corrected chi connectivity index (χ2v) is 5.24. The summed E-state index contributed by atoms with van der Waals surface area (Å²) in [6.07, 6.45) is 1.63. The highest BCUT2D eigenvalue weighted by Gasteiger charge is 2.35. The Morgan fingerprint density at radius 2 is 2.24 bits per heavy atom. The summed E-state index contributed by atoms with van der Waals surface area (Å²) in [4.78, 5) is 22.3. The maximum Gasteiger partial charge on any atom is 0.303 e. The lowest BCUT2D eigenvalue weighted by Crippen LogP contribution is -2.42. The number of amides is 1. The van der Waals surface area contributed by atoms with Crippen molar-refractivity contribution in [2.24, 2.45) is 11.3 Å². The van der Waals surface area contributed by atoms with E-state index in [-0.39, 0.29) is 23.7 Å². The first-order valence-electron chi connectivity index (χ1n) is 6.15. The number of carboxylic acids is 1. The van der Waals surface area contributed by atoms with E-state index < -0.39 is 5.97 Å². The van der Waals surface area contributed by atoms with Crippen molar-refractivity contribution in [3.8, 4) is 0 Å². The number of rotatable bonds is 6. The SMILES string of the molecule is CC(CCC(=O)O)CNC(=O)C1(C)CCNC1.